The Morgan fingerprint density at radius 3 is 2.86 bits per heavy atom. The molecule has 1 fully saturated rings. The van der Waals surface area contributed by atoms with Crippen molar-refractivity contribution in [2.45, 2.75) is 32.8 Å². The lowest BCUT2D eigenvalue weighted by Gasteiger charge is -2.16. The highest BCUT2D eigenvalue weighted by atomic mass is 35.5. The maximum Gasteiger partial charge on any atom is 0.234 e. The standard InChI is InChI=1S/C16H24N2O2.ClH/c1-12-4-3-5-15(8-12)20-13(2)9-18-16(19)11-17-10-14-6-7-14;/h3-5,8,13-14,17H,6-7,9-11H2,1-2H3,(H,18,19);1H. The van der Waals surface area contributed by atoms with Gasteiger partial charge in [0, 0.05) is 0 Å². The zero-order valence-corrected chi connectivity index (χ0v) is 13.5. The van der Waals surface area contributed by atoms with Gasteiger partial charge in [0.05, 0.1) is 13.1 Å². The summed E-state index contributed by atoms with van der Waals surface area (Å²) in [5.41, 5.74) is 1.17. The molecular formula is C16H25ClN2O2. The largest absolute Gasteiger partial charge is 0.489 e. The zero-order valence-electron chi connectivity index (χ0n) is 12.7. The van der Waals surface area contributed by atoms with Gasteiger partial charge in [0.25, 0.3) is 0 Å². The van der Waals surface area contributed by atoms with Gasteiger partial charge in [0.15, 0.2) is 0 Å². The van der Waals surface area contributed by atoms with Crippen molar-refractivity contribution in [2.24, 2.45) is 5.92 Å². The van der Waals surface area contributed by atoms with Crippen molar-refractivity contribution in [2.75, 3.05) is 19.6 Å². The summed E-state index contributed by atoms with van der Waals surface area (Å²) in [5.74, 6) is 1.68. The second-order valence-electron chi connectivity index (χ2n) is 5.62. The van der Waals surface area contributed by atoms with Crippen LogP contribution in [0.3, 0.4) is 0 Å². The Hall–Kier alpha value is -1.26. The quantitative estimate of drug-likeness (QED) is 0.774. The Balaban J connectivity index is 0.00000220. The molecule has 1 amide bonds. The highest BCUT2D eigenvalue weighted by molar-refractivity contribution is 5.85. The Bertz CT molecular complexity index is 450. The maximum atomic E-state index is 11.6. The minimum Gasteiger partial charge on any atom is -0.489 e. The topological polar surface area (TPSA) is 50.4 Å². The predicted octanol–water partition coefficient (Wildman–Crippen LogP) is 2.30. The van der Waals surface area contributed by atoms with Gasteiger partial charge in [-0.05, 0) is 56.8 Å². The monoisotopic (exact) mass is 312 g/mol. The van der Waals surface area contributed by atoms with Crippen LogP contribution < -0.4 is 15.4 Å². The molecule has 1 aliphatic carbocycles. The molecule has 1 atom stereocenters. The van der Waals surface area contributed by atoms with E-state index in [-0.39, 0.29) is 24.4 Å². The van der Waals surface area contributed by atoms with E-state index in [0.29, 0.717) is 13.1 Å². The minimum absolute atomic E-state index is 0. The second kappa shape index (κ2) is 8.90. The average molecular weight is 313 g/mol. The Morgan fingerprint density at radius 2 is 2.19 bits per heavy atom. The molecule has 1 aliphatic rings. The molecule has 1 saturated carbocycles. The molecule has 118 valence electrons. The van der Waals surface area contributed by atoms with E-state index >= 15 is 0 Å². The molecule has 0 radical (unpaired) electrons. The number of ether oxygens (including phenoxy) is 1. The van der Waals surface area contributed by atoms with E-state index < -0.39 is 0 Å². The van der Waals surface area contributed by atoms with Crippen LogP contribution in [0.5, 0.6) is 5.75 Å². The Kier molecular flexibility index (Phi) is 7.54. The lowest BCUT2D eigenvalue weighted by Crippen LogP contribution is -2.39. The SMILES string of the molecule is Cc1cccc(OC(C)CNC(=O)CNCC2CC2)c1.Cl. The van der Waals surface area contributed by atoms with E-state index in [1.54, 1.807) is 0 Å². The molecule has 21 heavy (non-hydrogen) atoms. The number of aryl methyl sites for hydroxylation is 1. The fourth-order valence-corrected chi connectivity index (χ4v) is 1.99. The number of halogens is 1. The number of rotatable bonds is 8. The van der Waals surface area contributed by atoms with E-state index in [1.807, 2.05) is 38.1 Å². The van der Waals surface area contributed by atoms with Gasteiger partial charge in [0.1, 0.15) is 11.9 Å². The summed E-state index contributed by atoms with van der Waals surface area (Å²) in [6, 6.07) is 7.93. The van der Waals surface area contributed by atoms with E-state index in [2.05, 4.69) is 10.6 Å². The van der Waals surface area contributed by atoms with Gasteiger partial charge in [-0.25, -0.2) is 0 Å². The van der Waals surface area contributed by atoms with Crippen molar-refractivity contribution < 1.29 is 9.53 Å². The van der Waals surface area contributed by atoms with Crippen molar-refractivity contribution in [1.82, 2.24) is 10.6 Å². The van der Waals surface area contributed by atoms with E-state index in [9.17, 15) is 4.79 Å². The number of carbonyl (C=O) groups excluding carboxylic acids is 1. The Labute approximate surface area is 133 Å². The van der Waals surface area contributed by atoms with Crippen LogP contribution in [0, 0.1) is 12.8 Å². The number of nitrogens with one attached hydrogen (secondary N) is 2. The van der Waals surface area contributed by atoms with Crippen molar-refractivity contribution >= 4 is 18.3 Å². The number of carbonyl (C=O) groups is 1. The first-order chi connectivity index (χ1) is 9.63. The normalized spacial score (nSPS) is 15.0. The van der Waals surface area contributed by atoms with E-state index in [0.717, 1.165) is 18.2 Å². The summed E-state index contributed by atoms with van der Waals surface area (Å²) in [7, 11) is 0. The molecule has 1 unspecified atom stereocenters. The molecule has 1 aromatic rings. The van der Waals surface area contributed by atoms with E-state index in [1.165, 1.54) is 18.4 Å². The molecule has 2 rings (SSSR count). The van der Waals surface area contributed by atoms with Crippen LogP contribution >= 0.6 is 12.4 Å². The Morgan fingerprint density at radius 1 is 1.43 bits per heavy atom. The summed E-state index contributed by atoms with van der Waals surface area (Å²) in [6.07, 6.45) is 2.57. The number of hydrogen-bond donors (Lipinski definition) is 2. The van der Waals surface area contributed by atoms with Crippen LogP contribution in [0.2, 0.25) is 0 Å². The number of amides is 1. The van der Waals surface area contributed by atoms with Crippen molar-refractivity contribution in [3.8, 4) is 5.75 Å². The second-order valence-corrected chi connectivity index (χ2v) is 5.62. The van der Waals surface area contributed by atoms with Crippen LogP contribution in [0.15, 0.2) is 24.3 Å². The third-order valence-electron chi connectivity index (χ3n) is 3.33. The summed E-state index contributed by atoms with van der Waals surface area (Å²) < 4.78 is 5.76. The third-order valence-corrected chi connectivity index (χ3v) is 3.33. The van der Waals surface area contributed by atoms with Gasteiger partial charge in [-0.2, -0.15) is 0 Å². The van der Waals surface area contributed by atoms with Crippen molar-refractivity contribution in [3.05, 3.63) is 29.8 Å². The van der Waals surface area contributed by atoms with Gasteiger partial charge in [-0.1, -0.05) is 12.1 Å². The summed E-state index contributed by atoms with van der Waals surface area (Å²) >= 11 is 0. The summed E-state index contributed by atoms with van der Waals surface area (Å²) in [5, 5.41) is 6.06. The van der Waals surface area contributed by atoms with Crippen LogP contribution in [-0.4, -0.2) is 31.6 Å². The van der Waals surface area contributed by atoms with Crippen LogP contribution in [0.1, 0.15) is 25.3 Å². The molecule has 5 heteroatoms. The first-order valence-corrected chi connectivity index (χ1v) is 7.34. The zero-order chi connectivity index (χ0) is 14.4. The third kappa shape index (κ3) is 7.34. The van der Waals surface area contributed by atoms with Gasteiger partial charge >= 0.3 is 0 Å². The lowest BCUT2D eigenvalue weighted by molar-refractivity contribution is -0.120. The molecular weight excluding hydrogens is 288 g/mol. The molecule has 0 heterocycles. The predicted molar refractivity (Wildman–Crippen MR) is 87.1 cm³/mol. The lowest BCUT2D eigenvalue weighted by atomic mass is 10.2. The summed E-state index contributed by atoms with van der Waals surface area (Å²) in [6.45, 7) is 5.87. The maximum absolute atomic E-state index is 11.6. The highest BCUT2D eigenvalue weighted by Gasteiger charge is 2.20. The van der Waals surface area contributed by atoms with Crippen LogP contribution in [-0.2, 0) is 4.79 Å². The minimum atomic E-state index is -0.0378. The molecule has 2 N–H and O–H groups in total. The molecule has 0 aromatic heterocycles. The molecule has 1 aromatic carbocycles. The average Bonchev–Trinajstić information content (AvgIpc) is 3.20. The van der Waals surface area contributed by atoms with Crippen molar-refractivity contribution in [3.63, 3.8) is 0 Å². The van der Waals surface area contributed by atoms with Gasteiger partial charge in [-0.15, -0.1) is 12.4 Å². The molecule has 0 bridgehead atoms. The van der Waals surface area contributed by atoms with Gasteiger partial charge in [0.2, 0.25) is 5.91 Å². The van der Waals surface area contributed by atoms with Crippen molar-refractivity contribution in [1.29, 1.82) is 0 Å². The van der Waals surface area contributed by atoms with Crippen LogP contribution in [0.25, 0.3) is 0 Å². The van der Waals surface area contributed by atoms with Gasteiger partial charge < -0.3 is 15.4 Å². The fraction of sp³-hybridized carbons (Fsp3) is 0.562. The number of hydrogen-bond acceptors (Lipinski definition) is 3. The van der Waals surface area contributed by atoms with E-state index in [4.69, 9.17) is 4.74 Å². The molecule has 0 aliphatic heterocycles. The molecule has 0 saturated heterocycles. The summed E-state index contributed by atoms with van der Waals surface area (Å²) in [4.78, 5) is 11.6. The molecule has 4 nitrogen and oxygen atoms in total. The number of benzene rings is 1. The smallest absolute Gasteiger partial charge is 0.234 e. The molecule has 0 spiro atoms. The highest BCUT2D eigenvalue weighted by Crippen LogP contribution is 2.27. The first kappa shape index (κ1) is 17.8. The fourth-order valence-electron chi connectivity index (χ4n) is 1.99. The first-order valence-electron chi connectivity index (χ1n) is 7.34. The van der Waals surface area contributed by atoms with Crippen LogP contribution in [0.4, 0.5) is 0 Å². The van der Waals surface area contributed by atoms with Gasteiger partial charge in [-0.3, -0.25) is 4.79 Å².